The van der Waals surface area contributed by atoms with Gasteiger partial charge >= 0.3 is 6.18 Å². The lowest BCUT2D eigenvalue weighted by atomic mass is 10.0. The highest BCUT2D eigenvalue weighted by Crippen LogP contribution is 2.43. The summed E-state index contributed by atoms with van der Waals surface area (Å²) in [4.78, 5) is 3.68. The lowest BCUT2D eigenvalue weighted by Crippen LogP contribution is -2.31. The Balaban J connectivity index is 1.13. The van der Waals surface area contributed by atoms with Crippen LogP contribution in [0.15, 0.2) is 108 Å². The molecule has 1 aliphatic rings. The predicted molar refractivity (Wildman–Crippen MR) is 170 cm³/mol. The number of anilines is 1. The van der Waals surface area contributed by atoms with Gasteiger partial charge in [-0.3, -0.25) is 9.71 Å². The van der Waals surface area contributed by atoms with Crippen LogP contribution < -0.4 is 15.4 Å². The monoisotopic (exact) mass is 638 g/mol. The van der Waals surface area contributed by atoms with Gasteiger partial charge in [0.15, 0.2) is 0 Å². The topological polar surface area (TPSA) is 83.1 Å². The number of thioether (sulfide) groups is 1. The van der Waals surface area contributed by atoms with Gasteiger partial charge in [0.25, 0.3) is 10.0 Å². The largest absolute Gasteiger partial charge is 0.416 e. The molecule has 0 radical (unpaired) electrons. The average Bonchev–Trinajstić information content (AvgIpc) is 3.43. The Labute approximate surface area is 260 Å². The summed E-state index contributed by atoms with van der Waals surface area (Å²) in [7, 11) is -3.81. The van der Waals surface area contributed by atoms with Gasteiger partial charge in [-0.25, -0.2) is 8.42 Å². The molecule has 0 fully saturated rings. The van der Waals surface area contributed by atoms with Crippen LogP contribution in [0.2, 0.25) is 0 Å². The minimum absolute atomic E-state index is 0.125. The third kappa shape index (κ3) is 7.64. The molecule has 2 atom stereocenters. The third-order valence-electron chi connectivity index (χ3n) is 7.52. The summed E-state index contributed by atoms with van der Waals surface area (Å²) in [5.74, 6) is 0.354. The van der Waals surface area contributed by atoms with E-state index < -0.39 is 26.6 Å². The SMILES string of the molecule is C[C@@H](CNCCc1ccc(NS(=O)(=O)c2ccc(C3(C)NC(c4ccc(C(F)(F)F)cc4)=CS3)cc2)cc1)c1cccnc1. The Kier molecular flexibility index (Phi) is 9.38. The summed E-state index contributed by atoms with van der Waals surface area (Å²) in [6.07, 6.45) is 0.0733. The molecule has 1 aliphatic heterocycles. The van der Waals surface area contributed by atoms with Crippen LogP contribution in [0.3, 0.4) is 0 Å². The van der Waals surface area contributed by atoms with Gasteiger partial charge in [0, 0.05) is 30.3 Å². The second-order valence-corrected chi connectivity index (χ2v) is 13.8. The van der Waals surface area contributed by atoms with Crippen molar-refractivity contribution in [1.82, 2.24) is 15.6 Å². The Bertz CT molecular complexity index is 1700. The molecule has 6 nitrogen and oxygen atoms in total. The molecule has 3 N–H and O–H groups in total. The van der Waals surface area contributed by atoms with E-state index in [9.17, 15) is 21.6 Å². The Morgan fingerprint density at radius 3 is 2.32 bits per heavy atom. The van der Waals surface area contributed by atoms with Gasteiger partial charge in [-0.2, -0.15) is 13.2 Å². The fraction of sp³-hybridized carbons (Fsp3) is 0.242. The first-order chi connectivity index (χ1) is 20.9. The molecule has 11 heteroatoms. The summed E-state index contributed by atoms with van der Waals surface area (Å²) in [6, 6.07) is 22.9. The van der Waals surface area contributed by atoms with Gasteiger partial charge in [0.05, 0.1) is 10.5 Å². The quantitative estimate of drug-likeness (QED) is 0.149. The second kappa shape index (κ2) is 13.1. The van der Waals surface area contributed by atoms with Crippen LogP contribution in [0, 0.1) is 0 Å². The summed E-state index contributed by atoms with van der Waals surface area (Å²) < 4.78 is 67.6. The van der Waals surface area contributed by atoms with Gasteiger partial charge in [0.2, 0.25) is 0 Å². The number of hydrogen-bond donors (Lipinski definition) is 3. The number of alkyl halides is 3. The number of halogens is 3. The lowest BCUT2D eigenvalue weighted by molar-refractivity contribution is -0.137. The van der Waals surface area contributed by atoms with Crippen molar-refractivity contribution < 1.29 is 21.6 Å². The maximum atomic E-state index is 13.1. The van der Waals surface area contributed by atoms with E-state index in [1.807, 2.05) is 36.7 Å². The Morgan fingerprint density at radius 2 is 1.68 bits per heavy atom. The van der Waals surface area contributed by atoms with Crippen molar-refractivity contribution in [3.63, 3.8) is 0 Å². The van der Waals surface area contributed by atoms with Gasteiger partial charge in [-0.05, 0) is 95.9 Å². The highest BCUT2D eigenvalue weighted by molar-refractivity contribution is 8.03. The van der Waals surface area contributed by atoms with Gasteiger partial charge in [0.1, 0.15) is 4.87 Å². The lowest BCUT2D eigenvalue weighted by Gasteiger charge is -2.26. The number of pyridine rings is 1. The maximum Gasteiger partial charge on any atom is 0.416 e. The van der Waals surface area contributed by atoms with Crippen LogP contribution in [-0.4, -0.2) is 26.5 Å². The van der Waals surface area contributed by atoms with Gasteiger partial charge < -0.3 is 10.6 Å². The van der Waals surface area contributed by atoms with Crippen LogP contribution in [0.1, 0.15) is 47.6 Å². The second-order valence-electron chi connectivity index (χ2n) is 10.9. The standard InChI is InChI=1S/C33H33F3N4O2S2/c1-23(26-4-3-18-37-21-26)20-38-19-17-24-5-13-29(14-6-24)40-44(41,42)30-15-11-27(12-16-30)32(2)39-31(22-43-32)25-7-9-28(10-8-25)33(34,35)36/h3-16,18,21-23,38-40H,17,19-20H2,1-2H3/t23-,32?/m0/s1. The van der Waals surface area contributed by atoms with Crippen molar-refractivity contribution >= 4 is 33.2 Å². The molecule has 0 saturated carbocycles. The first-order valence-electron chi connectivity index (χ1n) is 14.1. The Hall–Kier alpha value is -3.80. The molecule has 3 aromatic carbocycles. The van der Waals surface area contributed by atoms with E-state index in [0.717, 1.165) is 42.8 Å². The van der Waals surface area contributed by atoms with Crippen molar-refractivity contribution in [2.45, 2.75) is 42.1 Å². The third-order valence-corrected chi connectivity index (χ3v) is 10.1. The van der Waals surface area contributed by atoms with Gasteiger partial charge in [-0.15, -0.1) is 0 Å². The maximum absolute atomic E-state index is 13.1. The summed E-state index contributed by atoms with van der Waals surface area (Å²) >= 11 is 1.47. The van der Waals surface area contributed by atoms with E-state index in [2.05, 4.69) is 33.3 Å². The van der Waals surface area contributed by atoms with E-state index in [1.165, 1.54) is 29.5 Å². The zero-order chi connectivity index (χ0) is 31.4. The number of rotatable bonds is 11. The van der Waals surface area contributed by atoms with E-state index >= 15 is 0 Å². The van der Waals surface area contributed by atoms with Crippen molar-refractivity contribution in [2.24, 2.45) is 0 Å². The number of hydrogen-bond acceptors (Lipinski definition) is 6. The van der Waals surface area contributed by atoms with Crippen molar-refractivity contribution in [3.05, 3.63) is 131 Å². The van der Waals surface area contributed by atoms with Crippen LogP contribution >= 0.6 is 11.8 Å². The molecule has 4 aromatic rings. The average molecular weight is 639 g/mol. The molecule has 1 unspecified atom stereocenters. The Morgan fingerprint density at radius 1 is 0.977 bits per heavy atom. The molecule has 0 spiro atoms. The molecule has 0 amide bonds. The highest BCUT2D eigenvalue weighted by atomic mass is 32.2. The van der Waals surface area contributed by atoms with Crippen molar-refractivity contribution in [2.75, 3.05) is 17.8 Å². The number of nitrogens with zero attached hydrogens (tertiary/aromatic N) is 1. The zero-order valence-corrected chi connectivity index (χ0v) is 25.9. The number of benzene rings is 3. The molecular weight excluding hydrogens is 606 g/mol. The van der Waals surface area contributed by atoms with Crippen molar-refractivity contribution in [1.29, 1.82) is 0 Å². The summed E-state index contributed by atoms with van der Waals surface area (Å²) in [5.41, 5.74) is 4.22. The van der Waals surface area contributed by atoms with E-state index in [0.29, 0.717) is 22.9 Å². The molecule has 5 rings (SSSR count). The molecule has 1 aromatic heterocycles. The molecule has 0 aliphatic carbocycles. The highest BCUT2D eigenvalue weighted by Gasteiger charge is 2.34. The van der Waals surface area contributed by atoms with Crippen LogP contribution in [0.25, 0.3) is 5.70 Å². The molecule has 0 saturated heterocycles. The molecule has 230 valence electrons. The predicted octanol–water partition coefficient (Wildman–Crippen LogP) is 7.34. The molecular formula is C33H33F3N4O2S2. The van der Waals surface area contributed by atoms with Crippen LogP contribution in [0.4, 0.5) is 18.9 Å². The van der Waals surface area contributed by atoms with E-state index in [4.69, 9.17) is 0 Å². The first-order valence-corrected chi connectivity index (χ1v) is 16.5. The normalized spacial score (nSPS) is 17.5. The van der Waals surface area contributed by atoms with Crippen LogP contribution in [-0.2, 0) is 27.5 Å². The fourth-order valence-electron chi connectivity index (χ4n) is 4.85. The minimum atomic E-state index is -4.39. The number of aromatic nitrogens is 1. The van der Waals surface area contributed by atoms with Gasteiger partial charge in [-0.1, -0.05) is 61.2 Å². The molecule has 44 heavy (non-hydrogen) atoms. The molecule has 0 bridgehead atoms. The fourth-order valence-corrected chi connectivity index (χ4v) is 6.90. The first kappa shape index (κ1) is 31.6. The number of sulfonamides is 1. The summed E-state index contributed by atoms with van der Waals surface area (Å²) in [5, 5.41) is 8.69. The van der Waals surface area contributed by atoms with Crippen molar-refractivity contribution in [3.8, 4) is 0 Å². The van der Waals surface area contributed by atoms with Crippen LogP contribution in [0.5, 0.6) is 0 Å². The van der Waals surface area contributed by atoms with E-state index in [1.54, 1.807) is 42.6 Å². The van der Waals surface area contributed by atoms with E-state index in [-0.39, 0.29) is 4.90 Å². The number of nitrogens with one attached hydrogen (secondary N) is 3. The molecule has 2 heterocycles. The minimum Gasteiger partial charge on any atom is -0.366 e. The smallest absolute Gasteiger partial charge is 0.366 e. The summed E-state index contributed by atoms with van der Waals surface area (Å²) in [6.45, 7) is 5.73. The zero-order valence-electron chi connectivity index (χ0n) is 24.2.